The minimum Gasteiger partial charge on any atom is -0.376 e. The van der Waals surface area contributed by atoms with Gasteiger partial charge < -0.3 is 15.3 Å². The Morgan fingerprint density at radius 2 is 1.76 bits per heavy atom. The highest BCUT2D eigenvalue weighted by Crippen LogP contribution is 2.39. The van der Waals surface area contributed by atoms with Gasteiger partial charge in [-0.1, -0.05) is 66.8 Å². The lowest BCUT2D eigenvalue weighted by Gasteiger charge is -2.42. The summed E-state index contributed by atoms with van der Waals surface area (Å²) in [5, 5.41) is 13.4. The summed E-state index contributed by atoms with van der Waals surface area (Å²) >= 11 is 5.32. The Labute approximate surface area is 226 Å². The SMILES string of the molecule is CC(O)(c1ccc(N2CCN(S(=O)(=O)C3=CC=CCC3=S)C[C@@H]2CNCc2ccccc2)cc1)C(F)(F)F. The molecule has 0 radical (unpaired) electrons. The van der Waals surface area contributed by atoms with Crippen LogP contribution in [0.3, 0.4) is 0 Å². The molecule has 0 bridgehead atoms. The average Bonchev–Trinajstić information content (AvgIpc) is 2.89. The highest BCUT2D eigenvalue weighted by molar-refractivity contribution is 7.96. The Morgan fingerprint density at radius 3 is 2.39 bits per heavy atom. The molecule has 2 aromatic carbocycles. The van der Waals surface area contributed by atoms with Crippen LogP contribution in [0.5, 0.6) is 0 Å². The molecule has 1 aliphatic heterocycles. The van der Waals surface area contributed by atoms with E-state index in [1.165, 1.54) is 34.6 Å². The molecule has 2 aromatic rings. The maximum absolute atomic E-state index is 13.4. The number of aliphatic hydroxyl groups is 1. The Kier molecular flexibility index (Phi) is 8.43. The Bertz CT molecular complexity index is 1310. The zero-order valence-electron chi connectivity index (χ0n) is 20.9. The molecule has 38 heavy (non-hydrogen) atoms. The molecule has 11 heteroatoms. The first kappa shape index (κ1) is 28.4. The third-order valence-electron chi connectivity index (χ3n) is 6.89. The molecule has 0 amide bonds. The molecule has 0 aromatic heterocycles. The van der Waals surface area contributed by atoms with Gasteiger partial charge in [0.05, 0.1) is 10.9 Å². The van der Waals surface area contributed by atoms with Gasteiger partial charge >= 0.3 is 6.18 Å². The summed E-state index contributed by atoms with van der Waals surface area (Å²) in [6.45, 7) is 2.44. The fraction of sp³-hybridized carbons (Fsp3) is 0.370. The number of alkyl halides is 3. The molecule has 2 aliphatic rings. The van der Waals surface area contributed by atoms with Crippen LogP contribution in [0.15, 0.2) is 77.7 Å². The van der Waals surface area contributed by atoms with E-state index in [9.17, 15) is 26.7 Å². The number of benzene rings is 2. The van der Waals surface area contributed by atoms with Gasteiger partial charge in [-0.25, -0.2) is 8.42 Å². The van der Waals surface area contributed by atoms with E-state index in [2.05, 4.69) is 5.32 Å². The van der Waals surface area contributed by atoms with Crippen LogP contribution in [0.1, 0.15) is 24.5 Å². The third kappa shape index (κ3) is 6.02. The number of hydrogen-bond donors (Lipinski definition) is 2. The minimum absolute atomic E-state index is 0.137. The lowest BCUT2D eigenvalue weighted by atomic mass is 9.95. The van der Waals surface area contributed by atoms with Crippen molar-refractivity contribution >= 4 is 32.8 Å². The third-order valence-corrected chi connectivity index (χ3v) is 9.36. The number of halogens is 3. The Hall–Kier alpha value is -2.57. The van der Waals surface area contributed by atoms with E-state index in [-0.39, 0.29) is 29.6 Å². The summed E-state index contributed by atoms with van der Waals surface area (Å²) < 4.78 is 68.2. The average molecular weight is 566 g/mol. The van der Waals surface area contributed by atoms with Gasteiger partial charge in [-0.15, -0.1) is 0 Å². The van der Waals surface area contributed by atoms with Crippen LogP contribution in [0, 0.1) is 0 Å². The van der Waals surface area contributed by atoms with Crippen molar-refractivity contribution < 1.29 is 26.7 Å². The Morgan fingerprint density at radius 1 is 1.08 bits per heavy atom. The van der Waals surface area contributed by atoms with Crippen molar-refractivity contribution in [3.63, 3.8) is 0 Å². The van der Waals surface area contributed by atoms with Crippen LogP contribution in [0.25, 0.3) is 0 Å². The number of nitrogens with zero attached hydrogens (tertiary/aromatic N) is 2. The van der Waals surface area contributed by atoms with Crippen molar-refractivity contribution in [2.75, 3.05) is 31.1 Å². The molecule has 2 N–H and O–H groups in total. The van der Waals surface area contributed by atoms with Gasteiger partial charge in [-0.2, -0.15) is 17.5 Å². The number of thiocarbonyl (C=S) groups is 1. The van der Waals surface area contributed by atoms with Gasteiger partial charge in [0.15, 0.2) is 5.60 Å². The maximum Gasteiger partial charge on any atom is 0.421 e. The maximum atomic E-state index is 13.4. The number of anilines is 1. The van der Waals surface area contributed by atoms with E-state index in [1.54, 1.807) is 6.08 Å². The minimum atomic E-state index is -4.82. The standard InChI is InChI=1S/C27H30F3N3O3S2/c1-26(34,27(28,29)30)21-11-13-22(14-12-21)33-16-15-32(38(35,36)25-10-6-5-9-24(25)37)19-23(33)18-31-17-20-7-3-2-4-8-20/h2-8,10-14,23,31,34H,9,15-19H2,1H3/t23-,26?/m0/s1. The van der Waals surface area contributed by atoms with E-state index in [1.807, 2.05) is 41.3 Å². The van der Waals surface area contributed by atoms with Gasteiger partial charge in [0.1, 0.15) is 0 Å². The smallest absolute Gasteiger partial charge is 0.376 e. The van der Waals surface area contributed by atoms with Crippen molar-refractivity contribution in [2.24, 2.45) is 0 Å². The van der Waals surface area contributed by atoms with Gasteiger partial charge in [0.2, 0.25) is 10.0 Å². The topological polar surface area (TPSA) is 72.9 Å². The highest BCUT2D eigenvalue weighted by atomic mass is 32.2. The lowest BCUT2D eigenvalue weighted by Crippen LogP contribution is -2.58. The zero-order valence-corrected chi connectivity index (χ0v) is 22.5. The van der Waals surface area contributed by atoms with Crippen LogP contribution in [-0.4, -0.2) is 61.1 Å². The van der Waals surface area contributed by atoms with Crippen LogP contribution < -0.4 is 10.2 Å². The lowest BCUT2D eigenvalue weighted by molar-refractivity contribution is -0.258. The first-order valence-corrected chi connectivity index (χ1v) is 14.1. The van der Waals surface area contributed by atoms with Crippen molar-refractivity contribution in [2.45, 2.75) is 37.7 Å². The molecule has 6 nitrogen and oxygen atoms in total. The van der Waals surface area contributed by atoms with Crippen molar-refractivity contribution in [3.8, 4) is 0 Å². The summed E-state index contributed by atoms with van der Waals surface area (Å²) in [4.78, 5) is 2.50. The predicted octanol–water partition coefficient (Wildman–Crippen LogP) is 4.28. The molecule has 0 saturated carbocycles. The molecule has 2 atom stereocenters. The number of piperazine rings is 1. The summed E-state index contributed by atoms with van der Waals surface area (Å²) in [7, 11) is -3.80. The second-order valence-corrected chi connectivity index (χ2v) is 11.9. The molecule has 1 aliphatic carbocycles. The van der Waals surface area contributed by atoms with Crippen molar-refractivity contribution in [3.05, 3.63) is 88.9 Å². The normalized spacial score (nSPS) is 20.8. The van der Waals surface area contributed by atoms with E-state index in [0.717, 1.165) is 12.5 Å². The van der Waals surface area contributed by atoms with Crippen molar-refractivity contribution in [1.29, 1.82) is 0 Å². The highest BCUT2D eigenvalue weighted by Gasteiger charge is 2.51. The molecule has 4 rings (SSSR count). The largest absolute Gasteiger partial charge is 0.421 e. The van der Waals surface area contributed by atoms with Crippen LogP contribution in [0.4, 0.5) is 18.9 Å². The number of nitrogens with one attached hydrogen (secondary N) is 1. The predicted molar refractivity (Wildman–Crippen MR) is 146 cm³/mol. The zero-order chi connectivity index (χ0) is 27.6. The van der Waals surface area contributed by atoms with E-state index < -0.39 is 21.8 Å². The van der Waals surface area contributed by atoms with Crippen LogP contribution in [-0.2, 0) is 22.2 Å². The molecule has 1 heterocycles. The Balaban J connectivity index is 1.56. The molecule has 1 saturated heterocycles. The number of hydrogen-bond acceptors (Lipinski definition) is 6. The quantitative estimate of drug-likeness (QED) is 0.466. The second kappa shape index (κ2) is 11.3. The van der Waals surface area contributed by atoms with Gasteiger partial charge in [-0.3, -0.25) is 0 Å². The summed E-state index contributed by atoms with van der Waals surface area (Å²) in [6.07, 6.45) is 0.616. The summed E-state index contributed by atoms with van der Waals surface area (Å²) in [6, 6.07) is 15.1. The first-order valence-electron chi connectivity index (χ1n) is 12.2. The van der Waals surface area contributed by atoms with Crippen LogP contribution in [0.2, 0.25) is 0 Å². The number of rotatable bonds is 8. The molecule has 1 fully saturated rings. The summed E-state index contributed by atoms with van der Waals surface area (Å²) in [5.74, 6) is 0. The number of allylic oxidation sites excluding steroid dienone is 4. The number of sulfonamides is 1. The van der Waals surface area contributed by atoms with Gasteiger partial charge in [0.25, 0.3) is 0 Å². The fourth-order valence-corrected chi connectivity index (χ4v) is 6.64. The van der Waals surface area contributed by atoms with Gasteiger partial charge in [0, 0.05) is 49.7 Å². The fourth-order valence-electron chi connectivity index (χ4n) is 4.57. The second-order valence-electron chi connectivity index (χ2n) is 9.53. The molecule has 1 unspecified atom stereocenters. The van der Waals surface area contributed by atoms with E-state index in [4.69, 9.17) is 12.2 Å². The summed E-state index contributed by atoms with van der Waals surface area (Å²) in [5.41, 5.74) is -1.53. The monoisotopic (exact) mass is 565 g/mol. The molecular weight excluding hydrogens is 535 g/mol. The van der Waals surface area contributed by atoms with Crippen molar-refractivity contribution in [1.82, 2.24) is 9.62 Å². The molecular formula is C27H30F3N3O3S2. The van der Waals surface area contributed by atoms with Gasteiger partial charge in [-0.05, 0) is 36.3 Å². The first-order chi connectivity index (χ1) is 17.9. The molecule has 204 valence electrons. The van der Waals surface area contributed by atoms with E-state index >= 15 is 0 Å². The van der Waals surface area contributed by atoms with Crippen LogP contribution >= 0.6 is 12.2 Å². The molecule has 0 spiro atoms. The van der Waals surface area contributed by atoms with E-state index in [0.29, 0.717) is 36.6 Å².